The fraction of sp³-hybridized carbons (Fsp3) is 0.150. The molecule has 2 aromatic carbocycles. The van der Waals surface area contributed by atoms with E-state index in [0.717, 1.165) is 22.7 Å². The Bertz CT molecular complexity index is 993. The molecule has 4 rings (SSSR count). The van der Waals surface area contributed by atoms with E-state index < -0.39 is 6.04 Å². The highest BCUT2D eigenvalue weighted by Crippen LogP contribution is 2.35. The number of ether oxygens (including phenoxy) is 1. The maximum atomic E-state index is 13.1. The summed E-state index contributed by atoms with van der Waals surface area (Å²) in [5, 5.41) is 10.5. The molecule has 7 nitrogen and oxygen atoms in total. The molecule has 0 spiro atoms. The number of carbonyl (C=O) groups excluding carboxylic acids is 1. The van der Waals surface area contributed by atoms with E-state index in [1.807, 2.05) is 61.5 Å². The minimum absolute atomic E-state index is 0.187. The molecule has 0 bridgehead atoms. The summed E-state index contributed by atoms with van der Waals surface area (Å²) in [6, 6.07) is 16.6. The van der Waals surface area contributed by atoms with Crippen LogP contribution in [-0.2, 0) is 4.79 Å². The quantitative estimate of drug-likeness (QED) is 0.746. The lowest BCUT2D eigenvalue weighted by Gasteiger charge is -2.28. The molecule has 27 heavy (non-hydrogen) atoms. The lowest BCUT2D eigenvalue weighted by atomic mass is 9.95. The van der Waals surface area contributed by atoms with Crippen molar-refractivity contribution in [3.8, 4) is 5.75 Å². The van der Waals surface area contributed by atoms with E-state index in [0.29, 0.717) is 11.5 Å². The van der Waals surface area contributed by atoms with Gasteiger partial charge in [0, 0.05) is 11.4 Å². The molecule has 7 heteroatoms. The number of fused-ring (bicyclic) bond motifs is 1. The molecule has 1 aromatic heterocycles. The topological polar surface area (TPSA) is 81.1 Å². The number of hydrogen-bond acceptors (Lipinski definition) is 5. The van der Waals surface area contributed by atoms with Gasteiger partial charge in [-0.1, -0.05) is 30.3 Å². The molecule has 1 aliphatic heterocycles. The smallest absolute Gasteiger partial charge is 0.255 e. The predicted octanol–water partition coefficient (Wildman–Crippen LogP) is 3.21. The number of carbonyl (C=O) groups is 1. The van der Waals surface area contributed by atoms with Crippen LogP contribution in [0.3, 0.4) is 0 Å². The van der Waals surface area contributed by atoms with Crippen LogP contribution in [0.2, 0.25) is 0 Å². The molecular weight excluding hydrogens is 342 g/mol. The summed E-state index contributed by atoms with van der Waals surface area (Å²) in [5.41, 5.74) is 2.98. The van der Waals surface area contributed by atoms with Crippen LogP contribution in [0, 0.1) is 0 Å². The normalized spacial score (nSPS) is 15.7. The second-order valence-electron chi connectivity index (χ2n) is 6.19. The molecule has 1 aliphatic rings. The highest BCUT2D eigenvalue weighted by atomic mass is 16.5. The lowest BCUT2D eigenvalue weighted by Crippen LogP contribution is -2.31. The average molecular weight is 361 g/mol. The molecule has 1 atom stereocenters. The maximum Gasteiger partial charge on any atom is 0.255 e. The van der Waals surface area contributed by atoms with Gasteiger partial charge < -0.3 is 15.4 Å². The Morgan fingerprint density at radius 2 is 1.89 bits per heavy atom. The van der Waals surface area contributed by atoms with E-state index in [1.165, 1.54) is 6.33 Å². The van der Waals surface area contributed by atoms with Crippen molar-refractivity contribution in [2.45, 2.75) is 13.0 Å². The summed E-state index contributed by atoms with van der Waals surface area (Å²) in [6.07, 6.45) is 1.48. The highest BCUT2D eigenvalue weighted by Gasteiger charge is 2.33. The molecule has 0 unspecified atom stereocenters. The Morgan fingerprint density at radius 3 is 2.59 bits per heavy atom. The van der Waals surface area contributed by atoms with Gasteiger partial charge in [-0.2, -0.15) is 10.1 Å². The third-order valence-corrected chi connectivity index (χ3v) is 4.50. The zero-order chi connectivity index (χ0) is 18.8. The molecule has 0 radical (unpaired) electrons. The molecule has 0 fully saturated rings. The van der Waals surface area contributed by atoms with Crippen molar-refractivity contribution in [3.63, 3.8) is 0 Å². The maximum absolute atomic E-state index is 13.1. The van der Waals surface area contributed by atoms with Gasteiger partial charge in [0.25, 0.3) is 5.91 Å². The first-order chi connectivity index (χ1) is 13.2. The number of benzene rings is 2. The van der Waals surface area contributed by atoms with Crippen LogP contribution in [-0.4, -0.2) is 27.8 Å². The first-order valence-electron chi connectivity index (χ1n) is 8.55. The number of rotatable bonds is 4. The second-order valence-corrected chi connectivity index (χ2v) is 6.19. The van der Waals surface area contributed by atoms with Crippen molar-refractivity contribution in [2.75, 3.05) is 17.7 Å². The summed E-state index contributed by atoms with van der Waals surface area (Å²) in [4.78, 5) is 17.4. The van der Waals surface area contributed by atoms with E-state index >= 15 is 0 Å². The number of allylic oxidation sites excluding steroid dienone is 1. The number of para-hydroxylation sites is 1. The van der Waals surface area contributed by atoms with Crippen molar-refractivity contribution in [2.24, 2.45) is 0 Å². The average Bonchev–Trinajstić information content (AvgIpc) is 3.15. The molecule has 1 amide bonds. The van der Waals surface area contributed by atoms with Crippen molar-refractivity contribution in [1.82, 2.24) is 14.8 Å². The molecule has 2 heterocycles. The van der Waals surface area contributed by atoms with Crippen LogP contribution in [0.1, 0.15) is 18.5 Å². The summed E-state index contributed by atoms with van der Waals surface area (Å²) in [7, 11) is 1.62. The monoisotopic (exact) mass is 361 g/mol. The minimum atomic E-state index is -0.390. The van der Waals surface area contributed by atoms with E-state index in [4.69, 9.17) is 4.74 Å². The zero-order valence-corrected chi connectivity index (χ0v) is 15.0. The van der Waals surface area contributed by atoms with Crippen LogP contribution in [0.5, 0.6) is 5.75 Å². The first-order valence-corrected chi connectivity index (χ1v) is 8.55. The molecule has 2 N–H and O–H groups in total. The van der Waals surface area contributed by atoms with Gasteiger partial charge in [-0.3, -0.25) is 4.79 Å². The minimum Gasteiger partial charge on any atom is -0.497 e. The van der Waals surface area contributed by atoms with Crippen molar-refractivity contribution in [3.05, 3.63) is 77.8 Å². The van der Waals surface area contributed by atoms with Gasteiger partial charge in [0.1, 0.15) is 18.1 Å². The Labute approximate surface area is 156 Å². The van der Waals surface area contributed by atoms with Gasteiger partial charge in [-0.15, -0.1) is 0 Å². The number of methoxy groups -OCH3 is 1. The van der Waals surface area contributed by atoms with Crippen molar-refractivity contribution in [1.29, 1.82) is 0 Å². The zero-order valence-electron chi connectivity index (χ0n) is 15.0. The summed E-state index contributed by atoms with van der Waals surface area (Å²) in [6.45, 7) is 1.87. The highest BCUT2D eigenvalue weighted by molar-refractivity contribution is 6.06. The van der Waals surface area contributed by atoms with Gasteiger partial charge in [-0.25, -0.2) is 4.68 Å². The predicted molar refractivity (Wildman–Crippen MR) is 103 cm³/mol. The number of anilines is 2. The Balaban J connectivity index is 1.75. The van der Waals surface area contributed by atoms with Crippen molar-refractivity contribution < 1.29 is 9.53 Å². The van der Waals surface area contributed by atoms with Gasteiger partial charge in [0.15, 0.2) is 0 Å². The molecular formula is C20H19N5O2. The molecule has 136 valence electrons. The van der Waals surface area contributed by atoms with Gasteiger partial charge in [0.05, 0.1) is 12.7 Å². The third-order valence-electron chi connectivity index (χ3n) is 4.50. The summed E-state index contributed by atoms with van der Waals surface area (Å²) in [5.74, 6) is 1.17. The first kappa shape index (κ1) is 16.8. The van der Waals surface area contributed by atoms with Gasteiger partial charge >= 0.3 is 0 Å². The fourth-order valence-corrected chi connectivity index (χ4v) is 3.20. The molecule has 0 saturated heterocycles. The summed E-state index contributed by atoms with van der Waals surface area (Å²) < 4.78 is 6.96. The van der Waals surface area contributed by atoms with E-state index in [1.54, 1.807) is 11.8 Å². The number of nitrogens with zero attached hydrogens (tertiary/aromatic N) is 3. The number of aromatic nitrogens is 3. The molecule has 3 aromatic rings. The van der Waals surface area contributed by atoms with Gasteiger partial charge in [-0.05, 0) is 36.8 Å². The number of amides is 1. The van der Waals surface area contributed by atoms with Gasteiger partial charge in [0.2, 0.25) is 5.95 Å². The van der Waals surface area contributed by atoms with Crippen LogP contribution in [0.25, 0.3) is 0 Å². The lowest BCUT2D eigenvalue weighted by molar-refractivity contribution is -0.113. The van der Waals surface area contributed by atoms with Crippen LogP contribution >= 0.6 is 0 Å². The van der Waals surface area contributed by atoms with Crippen LogP contribution in [0.4, 0.5) is 11.6 Å². The largest absolute Gasteiger partial charge is 0.497 e. The Hall–Kier alpha value is -3.61. The summed E-state index contributed by atoms with van der Waals surface area (Å²) >= 11 is 0. The number of nitrogens with one attached hydrogen (secondary N) is 2. The Kier molecular flexibility index (Phi) is 4.33. The fourth-order valence-electron chi connectivity index (χ4n) is 3.20. The van der Waals surface area contributed by atoms with E-state index in [2.05, 4.69) is 20.7 Å². The third kappa shape index (κ3) is 3.15. The second kappa shape index (κ2) is 6.95. The van der Waals surface area contributed by atoms with Crippen LogP contribution < -0.4 is 15.4 Å². The van der Waals surface area contributed by atoms with E-state index in [-0.39, 0.29) is 5.91 Å². The van der Waals surface area contributed by atoms with Crippen LogP contribution in [0.15, 0.2) is 72.2 Å². The SMILES string of the molecule is COc1ccc([C@H]2C(C(=O)Nc3ccccc3)=C(C)Nc3ncnn32)cc1. The molecule has 0 saturated carbocycles. The standard InChI is InChI=1S/C20H19N5O2/c1-13-17(19(26)24-15-6-4-3-5-7-15)18(25-20(23-13)21-12-22-25)14-8-10-16(27-2)11-9-14/h3-12,18H,1-2H3,(H,24,26)(H,21,22,23)/t18-/m0/s1. The number of hydrogen-bond donors (Lipinski definition) is 2. The molecule has 0 aliphatic carbocycles. The van der Waals surface area contributed by atoms with Crippen molar-refractivity contribution >= 4 is 17.5 Å². The Morgan fingerprint density at radius 1 is 1.15 bits per heavy atom. The van der Waals surface area contributed by atoms with E-state index in [9.17, 15) is 4.79 Å².